The van der Waals surface area contributed by atoms with Gasteiger partial charge in [0.25, 0.3) is 5.91 Å². The molecule has 3 atom stereocenters. The van der Waals surface area contributed by atoms with Crippen molar-refractivity contribution in [3.8, 4) is 0 Å². The molecule has 1 aromatic heterocycles. The molecule has 3 amide bonds. The van der Waals surface area contributed by atoms with E-state index in [1.165, 1.54) is 4.90 Å². The molecular weight excluding hydrogens is 524 g/mol. The summed E-state index contributed by atoms with van der Waals surface area (Å²) in [6.07, 6.45) is 4.08. The van der Waals surface area contributed by atoms with Crippen LogP contribution in [0.3, 0.4) is 0 Å². The van der Waals surface area contributed by atoms with E-state index in [0.29, 0.717) is 18.4 Å². The second-order valence-electron chi connectivity index (χ2n) is 10.7. The van der Waals surface area contributed by atoms with Crippen LogP contribution >= 0.6 is 0 Å². The van der Waals surface area contributed by atoms with Gasteiger partial charge >= 0.3 is 5.97 Å². The van der Waals surface area contributed by atoms with Crippen LogP contribution in [0.1, 0.15) is 50.4 Å². The minimum atomic E-state index is -3.54. The number of carbonyl (C=O) groups is 4. The highest BCUT2D eigenvalue weighted by Gasteiger charge is 2.42. The lowest BCUT2D eigenvalue weighted by molar-refractivity contribution is -0.142. The topological polar surface area (TPSA) is 163 Å². The lowest BCUT2D eigenvalue weighted by Crippen LogP contribution is -2.58. The maximum absolute atomic E-state index is 13.7. The second kappa shape index (κ2) is 11.9. The number of amides is 3. The Morgan fingerprint density at radius 1 is 1.18 bits per heavy atom. The maximum atomic E-state index is 13.7. The number of nitrogens with one attached hydrogen (secondary N) is 2. The van der Waals surface area contributed by atoms with Crippen LogP contribution in [-0.4, -0.2) is 78.0 Å². The number of aromatic nitrogens is 1. The number of carbonyl (C=O) groups excluding carboxylic acids is 3. The van der Waals surface area contributed by atoms with Crippen molar-refractivity contribution in [1.82, 2.24) is 20.5 Å². The molecule has 1 aliphatic heterocycles. The normalized spacial score (nSPS) is 17.6. The number of pyridine rings is 1. The molecule has 0 aliphatic carbocycles. The smallest absolute Gasteiger partial charge is 0.305 e. The molecule has 39 heavy (non-hydrogen) atoms. The molecule has 0 spiro atoms. The molecule has 1 aromatic carbocycles. The zero-order chi connectivity index (χ0) is 29.0. The number of fused-ring (bicyclic) bond motifs is 1. The maximum Gasteiger partial charge on any atom is 0.305 e. The van der Waals surface area contributed by atoms with E-state index in [4.69, 9.17) is 0 Å². The van der Waals surface area contributed by atoms with E-state index < -0.39 is 63.5 Å². The first-order valence-electron chi connectivity index (χ1n) is 12.5. The summed E-state index contributed by atoms with van der Waals surface area (Å²) in [5.41, 5.74) is 0.400. The van der Waals surface area contributed by atoms with Gasteiger partial charge in [-0.1, -0.05) is 32.9 Å². The average Bonchev–Trinajstić information content (AvgIpc) is 3.34. The molecule has 2 aromatic rings. The third kappa shape index (κ3) is 8.09. The van der Waals surface area contributed by atoms with Crippen molar-refractivity contribution >= 4 is 44.4 Å². The van der Waals surface area contributed by atoms with E-state index in [1.54, 1.807) is 30.5 Å². The molecule has 3 N–H and O–H groups in total. The number of rotatable bonds is 9. The molecule has 3 rings (SSSR count). The molecule has 11 nitrogen and oxygen atoms in total. The Morgan fingerprint density at radius 3 is 2.54 bits per heavy atom. The quantitative estimate of drug-likeness (QED) is 0.420. The van der Waals surface area contributed by atoms with Crippen molar-refractivity contribution in [3.63, 3.8) is 0 Å². The Morgan fingerprint density at radius 2 is 1.90 bits per heavy atom. The number of sulfone groups is 1. The number of carboxylic acids is 1. The number of likely N-dealkylation sites (tertiary alicyclic amines) is 1. The number of nitrogens with zero attached hydrogens (tertiary/aromatic N) is 2. The summed E-state index contributed by atoms with van der Waals surface area (Å²) in [7, 11) is -3.54. The molecular formula is C27H34N4O7S. The number of aliphatic carboxylic acids is 1. The van der Waals surface area contributed by atoms with E-state index in [0.717, 1.165) is 28.6 Å². The zero-order valence-electron chi connectivity index (χ0n) is 22.4. The second-order valence-corrected chi connectivity index (χ2v) is 12.7. The predicted octanol–water partition coefficient (Wildman–Crippen LogP) is 1.89. The van der Waals surface area contributed by atoms with Crippen LogP contribution < -0.4 is 10.6 Å². The first kappa shape index (κ1) is 29.8. The molecule has 0 saturated carbocycles. The van der Waals surface area contributed by atoms with Crippen LogP contribution in [0.25, 0.3) is 10.9 Å². The van der Waals surface area contributed by atoms with Crippen molar-refractivity contribution in [2.45, 2.75) is 58.2 Å². The van der Waals surface area contributed by atoms with Crippen molar-refractivity contribution in [1.29, 1.82) is 0 Å². The fourth-order valence-corrected chi connectivity index (χ4v) is 4.90. The van der Waals surface area contributed by atoms with Crippen LogP contribution in [0, 0.1) is 5.41 Å². The van der Waals surface area contributed by atoms with Gasteiger partial charge in [-0.25, -0.2) is 8.42 Å². The monoisotopic (exact) mass is 558 g/mol. The average molecular weight is 559 g/mol. The van der Waals surface area contributed by atoms with E-state index in [9.17, 15) is 32.7 Å². The molecule has 0 radical (unpaired) electrons. The van der Waals surface area contributed by atoms with Gasteiger partial charge in [0.1, 0.15) is 12.1 Å². The molecule has 1 aliphatic rings. The molecule has 2 heterocycles. The minimum Gasteiger partial charge on any atom is -0.481 e. The van der Waals surface area contributed by atoms with E-state index >= 15 is 0 Å². The van der Waals surface area contributed by atoms with E-state index in [2.05, 4.69) is 15.6 Å². The van der Waals surface area contributed by atoms with Crippen molar-refractivity contribution in [3.05, 3.63) is 53.6 Å². The first-order valence-corrected chi connectivity index (χ1v) is 14.5. The Bertz CT molecular complexity index is 1400. The molecule has 1 saturated heterocycles. The summed E-state index contributed by atoms with van der Waals surface area (Å²) in [5.74, 6) is -2.69. The Hall–Kier alpha value is -3.80. The highest BCUT2D eigenvalue weighted by molar-refractivity contribution is 7.93. The lowest BCUT2D eigenvalue weighted by Gasteiger charge is -2.35. The van der Waals surface area contributed by atoms with Crippen molar-refractivity contribution < 1.29 is 32.7 Å². The van der Waals surface area contributed by atoms with Gasteiger partial charge < -0.3 is 20.6 Å². The van der Waals surface area contributed by atoms with Crippen LogP contribution in [-0.2, 0) is 24.2 Å². The van der Waals surface area contributed by atoms with Crippen LogP contribution in [0.5, 0.6) is 0 Å². The third-order valence-corrected chi connectivity index (χ3v) is 7.02. The largest absolute Gasteiger partial charge is 0.481 e. The number of hydrogen-bond donors (Lipinski definition) is 3. The third-order valence-electron chi connectivity index (χ3n) is 6.37. The van der Waals surface area contributed by atoms with Gasteiger partial charge in [0.15, 0.2) is 9.84 Å². The zero-order valence-corrected chi connectivity index (χ0v) is 23.2. The van der Waals surface area contributed by atoms with Gasteiger partial charge in [-0.15, -0.1) is 0 Å². The van der Waals surface area contributed by atoms with Gasteiger partial charge in [-0.3, -0.25) is 24.2 Å². The Kier molecular flexibility index (Phi) is 9.10. The SMILES string of the molecule is CC(C)(C)C(NC(=O)c1ccc2ncccc2c1)C(=O)N1CCC[C@@H]1C(=O)N[C@H](/C=C/S(C)(=O)=O)CC(=O)O. The van der Waals surface area contributed by atoms with Gasteiger partial charge in [-0.05, 0) is 42.5 Å². The van der Waals surface area contributed by atoms with Crippen LogP contribution in [0.4, 0.5) is 0 Å². The Labute approximate surface area is 227 Å². The summed E-state index contributed by atoms with van der Waals surface area (Å²) < 4.78 is 23.0. The standard InChI is InChI=1S/C27H34N4O7S/c1-27(2,3)23(30-24(34)18-9-10-20-17(15-18)7-5-12-28-20)26(36)31-13-6-8-21(31)25(35)29-19(16-22(32)33)11-14-39(4,37)38/h5,7,9-12,14-15,19,21,23H,6,8,13,16H2,1-4H3,(H,29,35)(H,30,34)(H,32,33)/b14-11+/t19-,21-,23?/m1/s1. The van der Waals surface area contributed by atoms with Gasteiger partial charge in [0.2, 0.25) is 11.8 Å². The number of benzene rings is 1. The van der Waals surface area contributed by atoms with E-state index in [-0.39, 0.29) is 6.54 Å². The summed E-state index contributed by atoms with van der Waals surface area (Å²) in [6, 6.07) is 5.72. The van der Waals surface area contributed by atoms with Crippen molar-refractivity contribution in [2.75, 3.05) is 12.8 Å². The molecule has 1 unspecified atom stereocenters. The summed E-state index contributed by atoms with van der Waals surface area (Å²) in [5, 5.41) is 16.2. The van der Waals surface area contributed by atoms with Gasteiger partial charge in [-0.2, -0.15) is 0 Å². The fourth-order valence-electron chi connectivity index (χ4n) is 4.42. The minimum absolute atomic E-state index is 0.282. The lowest BCUT2D eigenvalue weighted by atomic mass is 9.85. The highest BCUT2D eigenvalue weighted by atomic mass is 32.2. The van der Waals surface area contributed by atoms with Crippen LogP contribution in [0.2, 0.25) is 0 Å². The molecule has 210 valence electrons. The number of carboxylic acid groups (broad SMARTS) is 1. The summed E-state index contributed by atoms with van der Waals surface area (Å²) in [6.45, 7) is 5.71. The first-order chi connectivity index (χ1) is 18.2. The predicted molar refractivity (Wildman–Crippen MR) is 145 cm³/mol. The Balaban J connectivity index is 1.79. The van der Waals surface area contributed by atoms with Crippen molar-refractivity contribution in [2.24, 2.45) is 5.41 Å². The number of hydrogen-bond acceptors (Lipinski definition) is 7. The molecule has 12 heteroatoms. The highest BCUT2D eigenvalue weighted by Crippen LogP contribution is 2.26. The summed E-state index contributed by atoms with van der Waals surface area (Å²) >= 11 is 0. The summed E-state index contributed by atoms with van der Waals surface area (Å²) in [4.78, 5) is 57.0. The van der Waals surface area contributed by atoms with E-state index in [1.807, 2.05) is 26.8 Å². The fraction of sp³-hybridized carbons (Fsp3) is 0.444. The van der Waals surface area contributed by atoms with Gasteiger partial charge in [0.05, 0.1) is 18.0 Å². The molecule has 1 fully saturated rings. The van der Waals surface area contributed by atoms with Gasteiger partial charge in [0, 0.05) is 35.4 Å². The molecule has 0 bridgehead atoms. The van der Waals surface area contributed by atoms with Crippen LogP contribution in [0.15, 0.2) is 48.0 Å².